The van der Waals surface area contributed by atoms with Crippen LogP contribution in [0.15, 0.2) is 48.8 Å². The molecule has 120 valence electrons. The summed E-state index contributed by atoms with van der Waals surface area (Å²) in [4.78, 5) is 26.5. The van der Waals surface area contributed by atoms with E-state index in [1.54, 1.807) is 23.5 Å². The van der Waals surface area contributed by atoms with E-state index in [0.717, 1.165) is 0 Å². The zero-order valence-corrected chi connectivity index (χ0v) is 11.7. The second-order valence-corrected chi connectivity index (χ2v) is 4.57. The Bertz CT molecular complexity index is 703. The van der Waals surface area contributed by atoms with Gasteiger partial charge in [0, 0.05) is 30.2 Å². The molecule has 0 aliphatic rings. The molecule has 2 aromatic rings. The van der Waals surface area contributed by atoms with Gasteiger partial charge in [-0.1, -0.05) is 12.1 Å². The number of anilines is 1. The van der Waals surface area contributed by atoms with E-state index >= 15 is 0 Å². The summed E-state index contributed by atoms with van der Waals surface area (Å²) in [5.74, 6) is -2.38. The van der Waals surface area contributed by atoms with Gasteiger partial charge in [-0.2, -0.15) is 13.2 Å². The fourth-order valence-electron chi connectivity index (χ4n) is 1.75. The van der Waals surface area contributed by atoms with Crippen LogP contribution >= 0.6 is 0 Å². The van der Waals surface area contributed by atoms with E-state index < -0.39 is 12.1 Å². The highest BCUT2D eigenvalue weighted by Gasteiger charge is 2.38. The summed E-state index contributed by atoms with van der Waals surface area (Å²) in [5.41, 5.74) is 1.23. The molecule has 0 atom stereocenters. The molecule has 0 aliphatic carbocycles. The predicted molar refractivity (Wildman–Crippen MR) is 76.5 cm³/mol. The van der Waals surface area contributed by atoms with Gasteiger partial charge < -0.3 is 10.6 Å². The van der Waals surface area contributed by atoms with Gasteiger partial charge in [0.1, 0.15) is 0 Å². The maximum atomic E-state index is 12.1. The lowest BCUT2D eigenvalue weighted by Crippen LogP contribution is -2.36. The lowest BCUT2D eigenvalue weighted by Gasteiger charge is -2.10. The molecular weight excluding hydrogens is 311 g/mol. The van der Waals surface area contributed by atoms with Crippen LogP contribution in [0.4, 0.5) is 18.9 Å². The first kappa shape index (κ1) is 16.5. The molecule has 0 spiro atoms. The molecule has 0 fully saturated rings. The summed E-state index contributed by atoms with van der Waals surface area (Å²) in [7, 11) is 0. The molecule has 1 heterocycles. The number of pyridine rings is 1. The van der Waals surface area contributed by atoms with Crippen molar-refractivity contribution in [3.8, 4) is 0 Å². The van der Waals surface area contributed by atoms with Crippen LogP contribution in [-0.2, 0) is 11.3 Å². The third-order valence-corrected chi connectivity index (χ3v) is 2.84. The summed E-state index contributed by atoms with van der Waals surface area (Å²) in [6.07, 6.45) is -1.98. The minimum absolute atomic E-state index is 0.294. The number of benzene rings is 1. The van der Waals surface area contributed by atoms with Gasteiger partial charge in [0.05, 0.1) is 0 Å². The Kier molecular flexibility index (Phi) is 4.95. The van der Waals surface area contributed by atoms with E-state index in [0.29, 0.717) is 16.8 Å². The molecule has 0 saturated heterocycles. The van der Waals surface area contributed by atoms with E-state index in [2.05, 4.69) is 10.3 Å². The monoisotopic (exact) mass is 323 g/mol. The largest absolute Gasteiger partial charge is 0.471 e. The molecule has 2 N–H and O–H groups in total. The Morgan fingerprint density at radius 1 is 1.09 bits per heavy atom. The number of halogens is 3. The highest BCUT2D eigenvalue weighted by atomic mass is 19.4. The zero-order chi connectivity index (χ0) is 16.9. The molecule has 23 heavy (non-hydrogen) atoms. The average molecular weight is 323 g/mol. The van der Waals surface area contributed by atoms with Gasteiger partial charge >= 0.3 is 12.1 Å². The van der Waals surface area contributed by atoms with Crippen molar-refractivity contribution in [2.75, 3.05) is 5.32 Å². The molecular formula is C15H12F3N3O2. The van der Waals surface area contributed by atoms with Gasteiger partial charge in [0.25, 0.3) is 5.91 Å². The summed E-state index contributed by atoms with van der Waals surface area (Å²) in [6.45, 7) is -0.294. The van der Waals surface area contributed by atoms with Crippen LogP contribution < -0.4 is 10.6 Å². The highest BCUT2D eigenvalue weighted by Crippen LogP contribution is 2.16. The van der Waals surface area contributed by atoms with E-state index in [9.17, 15) is 22.8 Å². The van der Waals surface area contributed by atoms with Gasteiger partial charge in [0.2, 0.25) is 0 Å². The predicted octanol–water partition coefficient (Wildman–Crippen LogP) is 2.51. The molecule has 5 nitrogen and oxygen atoms in total. The van der Waals surface area contributed by atoms with Crippen molar-refractivity contribution >= 4 is 17.5 Å². The summed E-state index contributed by atoms with van der Waals surface area (Å²) >= 11 is 0. The van der Waals surface area contributed by atoms with Crippen molar-refractivity contribution in [2.45, 2.75) is 12.7 Å². The smallest absolute Gasteiger partial charge is 0.344 e. The number of nitrogens with one attached hydrogen (secondary N) is 2. The van der Waals surface area contributed by atoms with Crippen molar-refractivity contribution in [3.63, 3.8) is 0 Å². The second kappa shape index (κ2) is 6.91. The summed E-state index contributed by atoms with van der Waals surface area (Å²) in [6, 6.07) is 9.24. The number of carbonyl (C=O) groups is 2. The number of carbonyl (C=O) groups excluding carboxylic acids is 2. The molecule has 1 aromatic heterocycles. The maximum Gasteiger partial charge on any atom is 0.471 e. The van der Waals surface area contributed by atoms with Gasteiger partial charge in [-0.3, -0.25) is 14.6 Å². The van der Waals surface area contributed by atoms with Crippen LogP contribution in [0.5, 0.6) is 0 Å². The van der Waals surface area contributed by atoms with Crippen molar-refractivity contribution in [2.24, 2.45) is 0 Å². The molecule has 0 aliphatic heterocycles. The Hall–Kier alpha value is -2.90. The van der Waals surface area contributed by atoms with Gasteiger partial charge in [0.15, 0.2) is 0 Å². The van der Waals surface area contributed by atoms with Crippen LogP contribution in [-0.4, -0.2) is 23.0 Å². The fourth-order valence-corrected chi connectivity index (χ4v) is 1.75. The topological polar surface area (TPSA) is 71.1 Å². The van der Waals surface area contributed by atoms with Gasteiger partial charge in [-0.05, 0) is 29.8 Å². The average Bonchev–Trinajstić information content (AvgIpc) is 2.53. The van der Waals surface area contributed by atoms with E-state index in [-0.39, 0.29) is 12.5 Å². The maximum absolute atomic E-state index is 12.1. The summed E-state index contributed by atoms with van der Waals surface area (Å²) in [5, 5.41) is 4.38. The standard InChI is InChI=1S/C15H12F3N3O2/c16-15(17,18)14(23)20-9-10-2-1-3-12(8-10)21-13(22)11-4-6-19-7-5-11/h1-8H,9H2,(H,20,23)(H,21,22). The number of amides is 2. The van der Waals surface area contributed by atoms with Crippen molar-refractivity contribution in [3.05, 3.63) is 59.9 Å². The Labute approximate surface area is 129 Å². The number of nitrogens with zero attached hydrogens (tertiary/aromatic N) is 1. The first-order valence-corrected chi connectivity index (χ1v) is 6.51. The normalized spacial score (nSPS) is 10.9. The Balaban J connectivity index is 2.00. The van der Waals surface area contributed by atoms with Crippen LogP contribution in [0, 0.1) is 0 Å². The lowest BCUT2D eigenvalue weighted by molar-refractivity contribution is -0.173. The highest BCUT2D eigenvalue weighted by molar-refractivity contribution is 6.04. The van der Waals surface area contributed by atoms with Crippen LogP contribution in [0.3, 0.4) is 0 Å². The number of aromatic nitrogens is 1. The van der Waals surface area contributed by atoms with Crippen LogP contribution in [0.2, 0.25) is 0 Å². The van der Waals surface area contributed by atoms with Crippen molar-refractivity contribution in [1.82, 2.24) is 10.3 Å². The molecule has 2 rings (SSSR count). The lowest BCUT2D eigenvalue weighted by atomic mass is 10.2. The van der Waals surface area contributed by atoms with E-state index in [1.165, 1.54) is 30.6 Å². The first-order valence-electron chi connectivity index (χ1n) is 6.51. The summed E-state index contributed by atoms with van der Waals surface area (Å²) < 4.78 is 36.4. The van der Waals surface area contributed by atoms with E-state index in [4.69, 9.17) is 0 Å². The first-order chi connectivity index (χ1) is 10.9. The Morgan fingerprint density at radius 2 is 1.78 bits per heavy atom. The molecule has 0 unspecified atom stereocenters. The van der Waals surface area contributed by atoms with Crippen molar-refractivity contribution in [1.29, 1.82) is 0 Å². The van der Waals surface area contributed by atoms with E-state index in [1.807, 2.05) is 0 Å². The molecule has 0 radical (unpaired) electrons. The molecule has 2 amide bonds. The quantitative estimate of drug-likeness (QED) is 0.908. The number of rotatable bonds is 4. The molecule has 0 bridgehead atoms. The number of hydrogen-bond acceptors (Lipinski definition) is 3. The van der Waals surface area contributed by atoms with Crippen LogP contribution in [0.1, 0.15) is 15.9 Å². The molecule has 0 saturated carbocycles. The van der Waals surface area contributed by atoms with Crippen molar-refractivity contribution < 1.29 is 22.8 Å². The zero-order valence-electron chi connectivity index (χ0n) is 11.7. The van der Waals surface area contributed by atoms with Crippen LogP contribution in [0.25, 0.3) is 0 Å². The SMILES string of the molecule is O=C(Nc1cccc(CNC(=O)C(F)(F)F)c1)c1ccncc1. The number of hydrogen-bond donors (Lipinski definition) is 2. The third kappa shape index (κ3) is 4.80. The van der Waals surface area contributed by atoms with Gasteiger partial charge in [-0.25, -0.2) is 0 Å². The fraction of sp³-hybridized carbons (Fsp3) is 0.133. The van der Waals surface area contributed by atoms with Gasteiger partial charge in [-0.15, -0.1) is 0 Å². The Morgan fingerprint density at radius 3 is 2.43 bits per heavy atom. The number of alkyl halides is 3. The molecule has 1 aromatic carbocycles. The minimum Gasteiger partial charge on any atom is -0.344 e. The second-order valence-electron chi connectivity index (χ2n) is 4.57. The third-order valence-electron chi connectivity index (χ3n) is 2.84. The minimum atomic E-state index is -4.92. The molecule has 8 heteroatoms.